The van der Waals surface area contributed by atoms with Gasteiger partial charge in [0.15, 0.2) is 0 Å². The SMILES string of the molecule is COc1cnc(C(N)c2ccc(Br)cn2)c(OC)n1. The van der Waals surface area contributed by atoms with Gasteiger partial charge in [-0.1, -0.05) is 0 Å². The van der Waals surface area contributed by atoms with Gasteiger partial charge in [-0.3, -0.25) is 4.98 Å². The number of aromatic nitrogens is 3. The Morgan fingerprint density at radius 3 is 2.53 bits per heavy atom. The normalized spacial score (nSPS) is 12.0. The third kappa shape index (κ3) is 2.99. The zero-order valence-electron chi connectivity index (χ0n) is 10.5. The first-order valence-electron chi connectivity index (χ1n) is 5.47. The molecule has 19 heavy (non-hydrogen) atoms. The van der Waals surface area contributed by atoms with Crippen LogP contribution in [0.5, 0.6) is 11.8 Å². The first-order valence-corrected chi connectivity index (χ1v) is 6.27. The molecule has 0 saturated heterocycles. The number of nitrogens with two attached hydrogens (primary N) is 1. The van der Waals surface area contributed by atoms with Crippen LogP contribution >= 0.6 is 15.9 Å². The van der Waals surface area contributed by atoms with Crippen molar-refractivity contribution in [2.75, 3.05) is 14.2 Å². The highest BCUT2D eigenvalue weighted by Crippen LogP contribution is 2.25. The summed E-state index contributed by atoms with van der Waals surface area (Å²) in [5.41, 5.74) is 7.33. The summed E-state index contributed by atoms with van der Waals surface area (Å²) in [7, 11) is 3.02. The second-order valence-electron chi connectivity index (χ2n) is 3.69. The second kappa shape index (κ2) is 5.94. The molecule has 0 saturated carbocycles. The van der Waals surface area contributed by atoms with Crippen molar-refractivity contribution in [3.63, 3.8) is 0 Å². The van der Waals surface area contributed by atoms with E-state index in [4.69, 9.17) is 15.2 Å². The van der Waals surface area contributed by atoms with Crippen LogP contribution in [0.15, 0.2) is 29.0 Å². The molecule has 0 amide bonds. The fourth-order valence-electron chi connectivity index (χ4n) is 1.54. The lowest BCUT2D eigenvalue weighted by atomic mass is 10.1. The molecule has 0 radical (unpaired) electrons. The largest absolute Gasteiger partial charge is 0.480 e. The Hall–Kier alpha value is -1.73. The molecule has 100 valence electrons. The summed E-state index contributed by atoms with van der Waals surface area (Å²) in [4.78, 5) is 12.6. The van der Waals surface area contributed by atoms with E-state index in [0.717, 1.165) is 4.47 Å². The number of hydrogen-bond acceptors (Lipinski definition) is 6. The lowest BCUT2D eigenvalue weighted by Gasteiger charge is -2.13. The van der Waals surface area contributed by atoms with E-state index in [1.165, 1.54) is 20.4 Å². The summed E-state index contributed by atoms with van der Waals surface area (Å²) in [5.74, 6) is 0.702. The summed E-state index contributed by atoms with van der Waals surface area (Å²) >= 11 is 3.33. The van der Waals surface area contributed by atoms with Gasteiger partial charge in [-0.05, 0) is 28.1 Å². The number of ether oxygens (including phenoxy) is 2. The van der Waals surface area contributed by atoms with Gasteiger partial charge < -0.3 is 15.2 Å². The highest BCUT2D eigenvalue weighted by atomic mass is 79.9. The number of methoxy groups -OCH3 is 2. The van der Waals surface area contributed by atoms with Crippen molar-refractivity contribution in [1.82, 2.24) is 15.0 Å². The minimum absolute atomic E-state index is 0.330. The minimum atomic E-state index is -0.513. The van der Waals surface area contributed by atoms with Crippen LogP contribution in [0.2, 0.25) is 0 Å². The van der Waals surface area contributed by atoms with Crippen molar-refractivity contribution in [1.29, 1.82) is 0 Å². The highest BCUT2D eigenvalue weighted by molar-refractivity contribution is 9.10. The standard InChI is InChI=1S/C12H13BrN4O2/c1-18-9-6-16-11(12(17-9)19-2)10(14)8-4-3-7(13)5-15-8/h3-6,10H,14H2,1-2H3. The van der Waals surface area contributed by atoms with Crippen molar-refractivity contribution in [3.8, 4) is 11.8 Å². The number of hydrogen-bond donors (Lipinski definition) is 1. The molecular formula is C12H13BrN4O2. The molecule has 0 aliphatic heterocycles. The van der Waals surface area contributed by atoms with Crippen LogP contribution in [0.1, 0.15) is 17.4 Å². The molecule has 2 heterocycles. The number of pyridine rings is 1. The molecule has 0 aliphatic carbocycles. The van der Waals surface area contributed by atoms with E-state index in [-0.39, 0.29) is 0 Å². The third-order valence-electron chi connectivity index (χ3n) is 2.51. The van der Waals surface area contributed by atoms with Gasteiger partial charge in [-0.15, -0.1) is 0 Å². The Morgan fingerprint density at radius 1 is 1.16 bits per heavy atom. The molecule has 7 heteroatoms. The fourth-order valence-corrected chi connectivity index (χ4v) is 1.77. The third-order valence-corrected chi connectivity index (χ3v) is 2.98. The first kappa shape index (κ1) is 13.7. The summed E-state index contributed by atoms with van der Waals surface area (Å²) < 4.78 is 11.1. The maximum atomic E-state index is 6.13. The van der Waals surface area contributed by atoms with Gasteiger partial charge in [0, 0.05) is 10.7 Å². The molecule has 2 N–H and O–H groups in total. The maximum Gasteiger partial charge on any atom is 0.240 e. The number of rotatable bonds is 4. The number of halogens is 1. The topological polar surface area (TPSA) is 83.2 Å². The van der Waals surface area contributed by atoms with Crippen LogP contribution in [0.25, 0.3) is 0 Å². The molecular weight excluding hydrogens is 312 g/mol. The molecule has 1 unspecified atom stereocenters. The van der Waals surface area contributed by atoms with Crippen molar-refractivity contribution in [2.24, 2.45) is 5.73 Å². The lowest BCUT2D eigenvalue weighted by molar-refractivity contribution is 0.355. The van der Waals surface area contributed by atoms with Crippen molar-refractivity contribution < 1.29 is 9.47 Å². The molecule has 6 nitrogen and oxygen atoms in total. The molecule has 2 aromatic heterocycles. The van der Waals surface area contributed by atoms with Crippen molar-refractivity contribution in [3.05, 3.63) is 40.4 Å². The van der Waals surface area contributed by atoms with Gasteiger partial charge >= 0.3 is 0 Å². The Morgan fingerprint density at radius 2 is 1.95 bits per heavy atom. The van der Waals surface area contributed by atoms with Gasteiger partial charge in [0.05, 0.1) is 32.2 Å². The average molecular weight is 325 g/mol. The average Bonchev–Trinajstić information content (AvgIpc) is 2.46. The van der Waals surface area contributed by atoms with E-state index < -0.39 is 6.04 Å². The quantitative estimate of drug-likeness (QED) is 0.921. The van der Waals surface area contributed by atoms with Gasteiger partial charge in [-0.2, -0.15) is 4.98 Å². The van der Waals surface area contributed by atoms with Crippen LogP contribution in [0.4, 0.5) is 0 Å². The van der Waals surface area contributed by atoms with Crippen LogP contribution in [0, 0.1) is 0 Å². The van der Waals surface area contributed by atoms with Crippen molar-refractivity contribution in [2.45, 2.75) is 6.04 Å². The molecule has 2 aromatic rings. The van der Waals surface area contributed by atoms with E-state index >= 15 is 0 Å². The number of nitrogens with zero attached hydrogens (tertiary/aromatic N) is 3. The minimum Gasteiger partial charge on any atom is -0.480 e. The smallest absolute Gasteiger partial charge is 0.240 e. The zero-order valence-corrected chi connectivity index (χ0v) is 12.1. The molecule has 0 aliphatic rings. The Kier molecular flexibility index (Phi) is 4.28. The lowest BCUT2D eigenvalue weighted by Crippen LogP contribution is -2.17. The predicted octanol–water partition coefficient (Wildman–Crippen LogP) is 1.70. The molecule has 0 aromatic carbocycles. The molecule has 0 spiro atoms. The molecule has 1 atom stereocenters. The van der Waals surface area contributed by atoms with Gasteiger partial charge in [-0.25, -0.2) is 4.98 Å². The van der Waals surface area contributed by atoms with E-state index in [1.54, 1.807) is 6.20 Å². The van der Waals surface area contributed by atoms with E-state index in [1.807, 2.05) is 12.1 Å². The van der Waals surface area contributed by atoms with Crippen LogP contribution in [-0.2, 0) is 0 Å². The first-order chi connectivity index (χ1) is 9.15. The summed E-state index contributed by atoms with van der Waals surface area (Å²) in [6.07, 6.45) is 3.18. The zero-order chi connectivity index (χ0) is 13.8. The second-order valence-corrected chi connectivity index (χ2v) is 4.60. The van der Waals surface area contributed by atoms with Gasteiger partial charge in [0.25, 0.3) is 0 Å². The Labute approximate surface area is 119 Å². The van der Waals surface area contributed by atoms with Crippen LogP contribution < -0.4 is 15.2 Å². The monoisotopic (exact) mass is 324 g/mol. The predicted molar refractivity (Wildman–Crippen MR) is 73.1 cm³/mol. The Balaban J connectivity index is 2.37. The Bertz CT molecular complexity index is 562. The fraction of sp³-hybridized carbons (Fsp3) is 0.250. The summed E-state index contributed by atoms with van der Waals surface area (Å²) in [6, 6.07) is 3.17. The van der Waals surface area contributed by atoms with E-state index in [2.05, 4.69) is 30.9 Å². The van der Waals surface area contributed by atoms with Crippen LogP contribution in [0.3, 0.4) is 0 Å². The summed E-state index contributed by atoms with van der Waals surface area (Å²) in [5, 5.41) is 0. The van der Waals surface area contributed by atoms with Gasteiger partial charge in [0.1, 0.15) is 5.69 Å². The van der Waals surface area contributed by atoms with Crippen LogP contribution in [-0.4, -0.2) is 29.2 Å². The van der Waals surface area contributed by atoms with E-state index in [9.17, 15) is 0 Å². The summed E-state index contributed by atoms with van der Waals surface area (Å²) in [6.45, 7) is 0. The van der Waals surface area contributed by atoms with Crippen molar-refractivity contribution >= 4 is 15.9 Å². The van der Waals surface area contributed by atoms with E-state index in [0.29, 0.717) is 23.1 Å². The maximum absolute atomic E-state index is 6.13. The van der Waals surface area contributed by atoms with Gasteiger partial charge in [0.2, 0.25) is 11.8 Å². The highest BCUT2D eigenvalue weighted by Gasteiger charge is 2.19. The molecule has 0 fully saturated rings. The molecule has 0 bridgehead atoms. The molecule has 2 rings (SSSR count).